The molecule has 0 saturated carbocycles. The lowest BCUT2D eigenvalue weighted by atomic mass is 10.2. The van der Waals surface area contributed by atoms with E-state index in [1.807, 2.05) is 0 Å². The molecule has 0 bridgehead atoms. The minimum absolute atomic E-state index is 0.0407. The first-order valence-corrected chi connectivity index (χ1v) is 9.36. The zero-order chi connectivity index (χ0) is 17.3. The highest BCUT2D eigenvalue weighted by atomic mass is 32.2. The fourth-order valence-electron chi connectivity index (χ4n) is 2.71. The number of hydrogen-bond acceptors (Lipinski definition) is 6. The lowest BCUT2D eigenvalue weighted by Gasteiger charge is -2.23. The minimum Gasteiger partial charge on any atom is -0.486 e. The number of benzene rings is 1. The normalized spacial score (nSPS) is 21.1. The molecule has 0 radical (unpaired) electrons. The number of carbonyl (C=O) groups is 2. The Morgan fingerprint density at radius 3 is 2.58 bits per heavy atom. The fraction of sp³-hybridized carbons (Fsp3) is 0.467. The van der Waals surface area contributed by atoms with E-state index >= 15 is 0 Å². The van der Waals surface area contributed by atoms with E-state index in [-0.39, 0.29) is 11.5 Å². The zero-order valence-corrected chi connectivity index (χ0v) is 14.0. The summed E-state index contributed by atoms with van der Waals surface area (Å²) < 4.78 is 33.8. The van der Waals surface area contributed by atoms with Crippen LogP contribution >= 0.6 is 0 Å². The standard InChI is InChI=1S/C15H18N2O6S/c1-17(11-4-7-24(20,21)9-11)15(19)14(18)16-10-2-3-12-13(8-10)23-6-5-22-12/h2-3,8,11H,4-7,9H2,1H3,(H,16,18). The van der Waals surface area contributed by atoms with Gasteiger partial charge in [0.2, 0.25) is 0 Å². The summed E-state index contributed by atoms with van der Waals surface area (Å²) in [6, 6.07) is 4.38. The summed E-state index contributed by atoms with van der Waals surface area (Å²) in [5.41, 5.74) is 0.407. The van der Waals surface area contributed by atoms with Crippen molar-refractivity contribution < 1.29 is 27.5 Å². The molecule has 0 aromatic heterocycles. The number of likely N-dealkylation sites (N-methyl/N-ethyl adjacent to an activating group) is 1. The predicted molar refractivity (Wildman–Crippen MR) is 85.9 cm³/mol. The van der Waals surface area contributed by atoms with Crippen LogP contribution in [0.25, 0.3) is 0 Å². The van der Waals surface area contributed by atoms with Gasteiger partial charge in [-0.1, -0.05) is 0 Å². The monoisotopic (exact) mass is 354 g/mol. The molecule has 1 aromatic rings. The molecule has 130 valence electrons. The molecule has 24 heavy (non-hydrogen) atoms. The Bertz CT molecular complexity index is 776. The lowest BCUT2D eigenvalue weighted by molar-refractivity contribution is -0.143. The van der Waals surface area contributed by atoms with E-state index in [1.165, 1.54) is 11.9 Å². The van der Waals surface area contributed by atoms with Gasteiger partial charge in [-0.2, -0.15) is 0 Å². The number of carbonyl (C=O) groups excluding carboxylic acids is 2. The van der Waals surface area contributed by atoms with Gasteiger partial charge in [0.15, 0.2) is 21.3 Å². The molecular formula is C15H18N2O6S. The quantitative estimate of drug-likeness (QED) is 0.753. The Hall–Kier alpha value is -2.29. The van der Waals surface area contributed by atoms with Crippen LogP contribution in [0.2, 0.25) is 0 Å². The number of sulfone groups is 1. The van der Waals surface area contributed by atoms with Crippen LogP contribution in [0.1, 0.15) is 6.42 Å². The van der Waals surface area contributed by atoms with Gasteiger partial charge in [0.05, 0.1) is 11.5 Å². The van der Waals surface area contributed by atoms with Gasteiger partial charge in [-0.25, -0.2) is 8.42 Å². The fourth-order valence-corrected chi connectivity index (χ4v) is 4.49. The van der Waals surface area contributed by atoms with Crippen molar-refractivity contribution in [1.82, 2.24) is 4.90 Å². The van der Waals surface area contributed by atoms with Crippen LogP contribution in [0.15, 0.2) is 18.2 Å². The largest absolute Gasteiger partial charge is 0.486 e. The molecule has 1 aromatic carbocycles. The number of amides is 2. The highest BCUT2D eigenvalue weighted by Crippen LogP contribution is 2.32. The van der Waals surface area contributed by atoms with E-state index in [0.717, 1.165) is 0 Å². The number of nitrogens with zero attached hydrogens (tertiary/aromatic N) is 1. The molecule has 9 heteroatoms. The van der Waals surface area contributed by atoms with E-state index in [2.05, 4.69) is 5.32 Å². The summed E-state index contributed by atoms with van der Waals surface area (Å²) in [7, 11) is -1.68. The SMILES string of the molecule is CN(C(=O)C(=O)Nc1ccc2c(c1)OCCO2)C1CCS(=O)(=O)C1. The first-order valence-electron chi connectivity index (χ1n) is 7.54. The van der Waals surface area contributed by atoms with Crippen molar-refractivity contribution in [3.8, 4) is 11.5 Å². The lowest BCUT2D eigenvalue weighted by Crippen LogP contribution is -2.43. The molecule has 8 nitrogen and oxygen atoms in total. The average molecular weight is 354 g/mol. The van der Waals surface area contributed by atoms with Gasteiger partial charge in [0.25, 0.3) is 0 Å². The summed E-state index contributed by atoms with van der Waals surface area (Å²) >= 11 is 0. The Labute approximate surface area is 139 Å². The van der Waals surface area contributed by atoms with Crippen LogP contribution in [0.4, 0.5) is 5.69 Å². The predicted octanol–water partition coefficient (Wildman–Crippen LogP) is 0.0418. The van der Waals surface area contributed by atoms with Crippen LogP contribution in [-0.4, -0.2) is 62.9 Å². The average Bonchev–Trinajstić information content (AvgIpc) is 2.93. The van der Waals surface area contributed by atoms with Crippen molar-refractivity contribution in [2.24, 2.45) is 0 Å². The summed E-state index contributed by atoms with van der Waals surface area (Å²) in [6.07, 6.45) is 0.349. The molecule has 1 N–H and O–H groups in total. The highest BCUT2D eigenvalue weighted by molar-refractivity contribution is 7.91. The van der Waals surface area contributed by atoms with Gasteiger partial charge in [-0.3, -0.25) is 9.59 Å². The number of anilines is 1. The number of hydrogen-bond donors (Lipinski definition) is 1. The molecule has 0 aliphatic carbocycles. The van der Waals surface area contributed by atoms with Gasteiger partial charge in [0.1, 0.15) is 13.2 Å². The third-order valence-electron chi connectivity index (χ3n) is 4.07. The molecule has 1 atom stereocenters. The van der Waals surface area contributed by atoms with Crippen molar-refractivity contribution in [3.63, 3.8) is 0 Å². The maximum absolute atomic E-state index is 12.2. The molecule has 2 aliphatic rings. The zero-order valence-electron chi connectivity index (χ0n) is 13.1. The first kappa shape index (κ1) is 16.6. The number of rotatable bonds is 2. The smallest absolute Gasteiger partial charge is 0.313 e. The number of fused-ring (bicyclic) bond motifs is 1. The second-order valence-electron chi connectivity index (χ2n) is 5.79. The molecule has 1 unspecified atom stereocenters. The van der Waals surface area contributed by atoms with Crippen molar-refractivity contribution in [3.05, 3.63) is 18.2 Å². The third-order valence-corrected chi connectivity index (χ3v) is 5.82. The summed E-state index contributed by atoms with van der Waals surface area (Å²) in [5, 5.41) is 2.50. The summed E-state index contributed by atoms with van der Waals surface area (Å²) in [6.45, 7) is 0.883. The second-order valence-corrected chi connectivity index (χ2v) is 8.01. The van der Waals surface area contributed by atoms with Crippen LogP contribution < -0.4 is 14.8 Å². The topological polar surface area (TPSA) is 102 Å². The first-order chi connectivity index (χ1) is 11.4. The van der Waals surface area contributed by atoms with Gasteiger partial charge in [-0.15, -0.1) is 0 Å². The maximum atomic E-state index is 12.2. The van der Waals surface area contributed by atoms with Crippen LogP contribution in [0.5, 0.6) is 11.5 Å². The molecule has 3 rings (SSSR count). The van der Waals surface area contributed by atoms with E-state index in [9.17, 15) is 18.0 Å². The van der Waals surface area contributed by atoms with Crippen LogP contribution in [0.3, 0.4) is 0 Å². The Morgan fingerprint density at radius 1 is 1.21 bits per heavy atom. The Balaban J connectivity index is 1.65. The number of nitrogens with one attached hydrogen (secondary N) is 1. The van der Waals surface area contributed by atoms with E-state index in [1.54, 1.807) is 18.2 Å². The summed E-state index contributed by atoms with van der Waals surface area (Å²) in [4.78, 5) is 25.5. The number of ether oxygens (including phenoxy) is 2. The van der Waals surface area contributed by atoms with E-state index in [0.29, 0.717) is 36.8 Å². The molecule has 2 amide bonds. The maximum Gasteiger partial charge on any atom is 0.313 e. The van der Waals surface area contributed by atoms with Gasteiger partial charge in [-0.05, 0) is 18.6 Å². The molecule has 0 spiro atoms. The van der Waals surface area contributed by atoms with E-state index in [4.69, 9.17) is 9.47 Å². The summed E-state index contributed by atoms with van der Waals surface area (Å²) in [5.74, 6) is -0.572. The Morgan fingerprint density at radius 2 is 1.92 bits per heavy atom. The molecule has 1 saturated heterocycles. The van der Waals surface area contributed by atoms with Crippen molar-refractivity contribution in [2.75, 3.05) is 37.1 Å². The minimum atomic E-state index is -3.12. The van der Waals surface area contributed by atoms with Gasteiger partial charge in [0, 0.05) is 24.8 Å². The van der Waals surface area contributed by atoms with E-state index < -0.39 is 27.7 Å². The molecule has 2 aliphatic heterocycles. The van der Waals surface area contributed by atoms with Crippen LogP contribution in [0, 0.1) is 0 Å². The van der Waals surface area contributed by atoms with Gasteiger partial charge >= 0.3 is 11.8 Å². The van der Waals surface area contributed by atoms with Crippen LogP contribution in [-0.2, 0) is 19.4 Å². The highest BCUT2D eigenvalue weighted by Gasteiger charge is 2.34. The molecule has 2 heterocycles. The van der Waals surface area contributed by atoms with Crippen molar-refractivity contribution in [1.29, 1.82) is 0 Å². The molecular weight excluding hydrogens is 336 g/mol. The van der Waals surface area contributed by atoms with Gasteiger partial charge < -0.3 is 19.7 Å². The molecule has 1 fully saturated rings. The van der Waals surface area contributed by atoms with Crippen molar-refractivity contribution >= 4 is 27.3 Å². The van der Waals surface area contributed by atoms with Crippen molar-refractivity contribution in [2.45, 2.75) is 12.5 Å². The Kier molecular flexibility index (Phi) is 4.35. The second kappa shape index (κ2) is 6.31. The third kappa shape index (κ3) is 3.45.